The van der Waals surface area contributed by atoms with Gasteiger partial charge in [0, 0.05) is 16.0 Å². The first-order valence-corrected chi connectivity index (χ1v) is 9.00. The Bertz CT molecular complexity index is 596. The molecule has 2 heterocycles. The zero-order valence-electron chi connectivity index (χ0n) is 11.3. The van der Waals surface area contributed by atoms with Gasteiger partial charge in [0.05, 0.1) is 25.0 Å². The SMILES string of the molecule is COC(=O)Cc1csc(NC(=O)CSCc2cccs2)n1. The smallest absolute Gasteiger partial charge is 0.311 e. The number of rotatable bonds is 7. The summed E-state index contributed by atoms with van der Waals surface area (Å²) in [4.78, 5) is 28.3. The Hall–Kier alpha value is -1.38. The molecule has 0 radical (unpaired) electrons. The summed E-state index contributed by atoms with van der Waals surface area (Å²) in [5.41, 5.74) is 0.605. The van der Waals surface area contributed by atoms with E-state index in [9.17, 15) is 9.59 Å². The lowest BCUT2D eigenvalue weighted by atomic mass is 10.3. The number of ether oxygens (including phenoxy) is 1. The number of nitrogens with one attached hydrogen (secondary N) is 1. The lowest BCUT2D eigenvalue weighted by Gasteiger charge is -2.01. The Kier molecular flexibility index (Phi) is 6.21. The first kappa shape index (κ1) is 16.0. The molecule has 5 nitrogen and oxygen atoms in total. The highest BCUT2D eigenvalue weighted by atomic mass is 32.2. The van der Waals surface area contributed by atoms with Gasteiger partial charge in [-0.05, 0) is 11.4 Å². The summed E-state index contributed by atoms with van der Waals surface area (Å²) in [6.45, 7) is 0. The molecule has 0 fully saturated rings. The van der Waals surface area contributed by atoms with Crippen molar-refractivity contribution in [2.75, 3.05) is 18.2 Å². The molecule has 2 aromatic heterocycles. The first-order valence-electron chi connectivity index (χ1n) is 6.08. The quantitative estimate of drug-likeness (QED) is 0.784. The molecule has 2 aromatic rings. The highest BCUT2D eigenvalue weighted by Gasteiger charge is 2.10. The van der Waals surface area contributed by atoms with Crippen LogP contribution in [0, 0.1) is 0 Å². The molecule has 112 valence electrons. The molecule has 0 aliphatic carbocycles. The van der Waals surface area contributed by atoms with E-state index in [1.807, 2.05) is 11.4 Å². The molecule has 0 saturated carbocycles. The molecule has 8 heteroatoms. The molecule has 0 aromatic carbocycles. The number of amides is 1. The van der Waals surface area contributed by atoms with Crippen LogP contribution in [-0.2, 0) is 26.5 Å². The van der Waals surface area contributed by atoms with Crippen molar-refractivity contribution >= 4 is 51.4 Å². The van der Waals surface area contributed by atoms with Crippen LogP contribution in [0.4, 0.5) is 5.13 Å². The molecule has 0 aliphatic heterocycles. The lowest BCUT2D eigenvalue weighted by molar-refractivity contribution is -0.139. The van der Waals surface area contributed by atoms with E-state index in [0.717, 1.165) is 5.75 Å². The number of carbonyl (C=O) groups is 2. The summed E-state index contributed by atoms with van der Waals surface area (Å²) in [5.74, 6) is 0.778. The van der Waals surface area contributed by atoms with Crippen LogP contribution in [0.5, 0.6) is 0 Å². The van der Waals surface area contributed by atoms with E-state index in [4.69, 9.17) is 0 Å². The van der Waals surface area contributed by atoms with E-state index in [-0.39, 0.29) is 18.3 Å². The van der Waals surface area contributed by atoms with Gasteiger partial charge in [0.2, 0.25) is 5.91 Å². The summed E-state index contributed by atoms with van der Waals surface area (Å²) in [5, 5.41) is 7.01. The van der Waals surface area contributed by atoms with Crippen molar-refractivity contribution in [1.29, 1.82) is 0 Å². The number of thiazole rings is 1. The van der Waals surface area contributed by atoms with Crippen molar-refractivity contribution in [2.45, 2.75) is 12.2 Å². The predicted molar refractivity (Wildman–Crippen MR) is 86.9 cm³/mol. The Morgan fingerprint density at radius 2 is 2.29 bits per heavy atom. The zero-order chi connectivity index (χ0) is 15.1. The second kappa shape index (κ2) is 8.16. The number of carbonyl (C=O) groups excluding carboxylic acids is 2. The van der Waals surface area contributed by atoms with Crippen LogP contribution in [0.1, 0.15) is 10.6 Å². The maximum absolute atomic E-state index is 11.8. The Morgan fingerprint density at radius 3 is 3.00 bits per heavy atom. The average Bonchev–Trinajstić information content (AvgIpc) is 3.11. The number of methoxy groups -OCH3 is 1. The third-order valence-electron chi connectivity index (χ3n) is 2.41. The molecule has 2 rings (SSSR count). The minimum absolute atomic E-state index is 0.0875. The Morgan fingerprint density at radius 1 is 1.43 bits per heavy atom. The maximum Gasteiger partial charge on any atom is 0.311 e. The highest BCUT2D eigenvalue weighted by Crippen LogP contribution is 2.19. The largest absolute Gasteiger partial charge is 0.469 e. The minimum atomic E-state index is -0.343. The normalized spacial score (nSPS) is 10.3. The second-order valence-electron chi connectivity index (χ2n) is 4.02. The fraction of sp³-hybridized carbons (Fsp3) is 0.308. The molecule has 0 spiro atoms. The Balaban J connectivity index is 1.73. The van der Waals surface area contributed by atoms with E-state index in [1.54, 1.807) is 28.5 Å². The number of aromatic nitrogens is 1. The average molecular weight is 342 g/mol. The van der Waals surface area contributed by atoms with Crippen LogP contribution in [0.25, 0.3) is 0 Å². The van der Waals surface area contributed by atoms with Crippen molar-refractivity contribution in [3.63, 3.8) is 0 Å². The summed E-state index contributed by atoms with van der Waals surface area (Å²) < 4.78 is 4.57. The maximum atomic E-state index is 11.8. The van der Waals surface area contributed by atoms with Crippen molar-refractivity contribution in [3.05, 3.63) is 33.5 Å². The summed E-state index contributed by atoms with van der Waals surface area (Å²) in [6.07, 6.45) is 0.121. The molecule has 0 aliphatic rings. The van der Waals surface area contributed by atoms with E-state index >= 15 is 0 Å². The van der Waals surface area contributed by atoms with Crippen LogP contribution < -0.4 is 5.32 Å². The van der Waals surface area contributed by atoms with Crippen LogP contribution >= 0.6 is 34.4 Å². The number of anilines is 1. The van der Waals surface area contributed by atoms with Crippen molar-refractivity contribution in [2.24, 2.45) is 0 Å². The van der Waals surface area contributed by atoms with E-state index < -0.39 is 0 Å². The molecule has 21 heavy (non-hydrogen) atoms. The minimum Gasteiger partial charge on any atom is -0.469 e. The van der Waals surface area contributed by atoms with Gasteiger partial charge < -0.3 is 10.1 Å². The van der Waals surface area contributed by atoms with Gasteiger partial charge >= 0.3 is 5.97 Å². The fourth-order valence-corrected chi connectivity index (χ4v) is 3.85. The number of thioether (sulfide) groups is 1. The number of thiophene rings is 1. The second-order valence-corrected chi connectivity index (χ2v) is 6.89. The number of hydrogen-bond donors (Lipinski definition) is 1. The molecular formula is C13H14N2O3S3. The monoisotopic (exact) mass is 342 g/mol. The first-order chi connectivity index (χ1) is 10.2. The molecular weight excluding hydrogens is 328 g/mol. The topological polar surface area (TPSA) is 68.3 Å². The van der Waals surface area contributed by atoms with E-state index in [2.05, 4.69) is 21.1 Å². The summed E-state index contributed by atoms with van der Waals surface area (Å²) >= 11 is 4.55. The zero-order valence-corrected chi connectivity index (χ0v) is 13.8. The Labute approximate surface area is 134 Å². The van der Waals surface area contributed by atoms with Gasteiger partial charge in [-0.15, -0.1) is 34.4 Å². The standard InChI is InChI=1S/C13H14N2O3S3/c1-18-12(17)5-9-6-21-13(14-9)15-11(16)8-19-7-10-3-2-4-20-10/h2-4,6H,5,7-8H2,1H3,(H,14,15,16). The molecule has 0 unspecified atom stereocenters. The summed E-state index contributed by atoms with van der Waals surface area (Å²) in [7, 11) is 1.34. The van der Waals surface area contributed by atoms with Crippen molar-refractivity contribution in [3.8, 4) is 0 Å². The lowest BCUT2D eigenvalue weighted by Crippen LogP contribution is -2.14. The van der Waals surface area contributed by atoms with Gasteiger partial charge in [0.15, 0.2) is 5.13 Å². The molecule has 0 atom stereocenters. The van der Waals surface area contributed by atoms with Crippen molar-refractivity contribution in [1.82, 2.24) is 4.98 Å². The summed E-state index contributed by atoms with van der Waals surface area (Å²) in [6, 6.07) is 4.05. The molecule has 1 amide bonds. The van der Waals surface area contributed by atoms with Crippen LogP contribution in [-0.4, -0.2) is 29.7 Å². The molecule has 0 saturated heterocycles. The third-order valence-corrected chi connectivity index (χ3v) is 5.26. The van der Waals surface area contributed by atoms with Gasteiger partial charge in [0.1, 0.15) is 0 Å². The van der Waals surface area contributed by atoms with E-state index in [0.29, 0.717) is 16.6 Å². The van der Waals surface area contributed by atoms with Gasteiger partial charge in [0.25, 0.3) is 0 Å². The fourth-order valence-electron chi connectivity index (χ4n) is 1.46. The van der Waals surface area contributed by atoms with Gasteiger partial charge in [-0.2, -0.15) is 0 Å². The predicted octanol–water partition coefficient (Wildman–Crippen LogP) is 2.79. The van der Waals surface area contributed by atoms with Crippen LogP contribution in [0.15, 0.2) is 22.9 Å². The number of esters is 1. The van der Waals surface area contributed by atoms with Gasteiger partial charge in [-0.1, -0.05) is 6.07 Å². The number of hydrogen-bond acceptors (Lipinski definition) is 7. The van der Waals surface area contributed by atoms with Gasteiger partial charge in [-0.25, -0.2) is 4.98 Å². The van der Waals surface area contributed by atoms with Crippen molar-refractivity contribution < 1.29 is 14.3 Å². The van der Waals surface area contributed by atoms with Gasteiger partial charge in [-0.3, -0.25) is 9.59 Å². The molecule has 1 N–H and O–H groups in total. The third kappa shape index (κ3) is 5.49. The molecule has 0 bridgehead atoms. The highest BCUT2D eigenvalue weighted by molar-refractivity contribution is 7.99. The van der Waals surface area contributed by atoms with Crippen LogP contribution in [0.2, 0.25) is 0 Å². The van der Waals surface area contributed by atoms with Crippen LogP contribution in [0.3, 0.4) is 0 Å². The van der Waals surface area contributed by atoms with E-state index in [1.165, 1.54) is 23.3 Å². The number of nitrogens with zero attached hydrogens (tertiary/aromatic N) is 1.